The molecule has 3 aromatic carbocycles. The predicted octanol–water partition coefficient (Wildman–Crippen LogP) is 8.85. The molecule has 8 nitrogen and oxygen atoms in total. The van der Waals surface area contributed by atoms with E-state index in [9.17, 15) is 11.0 Å². The summed E-state index contributed by atoms with van der Waals surface area (Å²) in [7, 11) is 1.30. The fraction of sp³-hybridized carbons (Fsp3) is 0.421. The number of aromatic carboxylic acids is 1. The molecule has 1 heterocycles. The van der Waals surface area contributed by atoms with Crippen LogP contribution < -0.4 is 15.2 Å². The lowest BCUT2D eigenvalue weighted by Crippen LogP contribution is -2.31. The minimum absolute atomic E-state index is 0.00106. The molecule has 0 atom stereocenters. The van der Waals surface area contributed by atoms with E-state index in [1.165, 1.54) is 27.9 Å². The largest absolute Gasteiger partial charge is 0.494 e. The summed E-state index contributed by atoms with van der Waals surface area (Å²) in [6.45, 7) is 20.0. The molecule has 1 amide bonds. The summed E-state index contributed by atoms with van der Waals surface area (Å²) in [5.41, 5.74) is 1.94. The van der Waals surface area contributed by atoms with Crippen molar-refractivity contribution in [2.75, 3.05) is 17.5 Å². The molecule has 0 saturated heterocycles. The standard InChI is InChI=1S/C38H48N4O4/c1-19(2)26-16-17-29(25(9)31(26)38(10,11)12)42-36(43)34(32(41-42)20(3)4)40-39-33-23(7)22(6)18-28(35(33)46-13)30-21(5)14-15-27(24(30)8)37(44)45/h14-20,39H,1-13H3,(H,44,45)/b40-34-/i14D,15D,16D,17D,18D,19D,20D/hD2. The maximum absolute atomic E-state index is 14.5. The van der Waals surface area contributed by atoms with Crippen molar-refractivity contribution >= 4 is 34.7 Å². The first kappa shape index (κ1) is 23.8. The second kappa shape index (κ2) is 12.7. The van der Waals surface area contributed by atoms with Crippen LogP contribution in [0.2, 0.25) is 1.41 Å². The Morgan fingerprint density at radius 2 is 1.72 bits per heavy atom. The highest BCUT2D eigenvalue weighted by molar-refractivity contribution is 6.72. The monoisotopic (exact) mass is 633 g/mol. The third kappa shape index (κ3) is 6.05. The Labute approximate surface area is 286 Å². The number of carboxylic acid groups (broad SMARTS) is 1. The zero-order valence-corrected chi connectivity index (χ0v) is 28.9. The Morgan fingerprint density at radius 1 is 1.04 bits per heavy atom. The molecule has 244 valence electrons. The molecule has 0 unspecified atom stereocenters. The number of carbonyl (C=O) groups excluding carboxylic acids is 1. The predicted molar refractivity (Wildman–Crippen MR) is 189 cm³/mol. The number of methoxy groups -OCH3 is 1. The first-order chi connectivity index (χ1) is 25.1. The van der Waals surface area contributed by atoms with Gasteiger partial charge in [0.25, 0.3) is 1.43 Å². The molecule has 8 heteroatoms. The zero-order valence-electron chi connectivity index (χ0n) is 37.9. The molecule has 0 radical (unpaired) electrons. The van der Waals surface area contributed by atoms with Gasteiger partial charge in [-0.1, -0.05) is 60.6 Å². The van der Waals surface area contributed by atoms with Crippen LogP contribution in [-0.2, 0) is 10.2 Å². The molecule has 0 fully saturated rings. The van der Waals surface area contributed by atoms with E-state index in [-0.39, 0.29) is 74.8 Å². The van der Waals surface area contributed by atoms with Gasteiger partial charge in [0.1, 0.15) is 5.69 Å². The van der Waals surface area contributed by atoms with Gasteiger partial charge in [0, 0.05) is 8.30 Å². The number of hydrogen-bond acceptors (Lipinski definition) is 7. The second-order valence-electron chi connectivity index (χ2n) is 13.0. The van der Waals surface area contributed by atoms with Crippen LogP contribution in [0.25, 0.3) is 12.6 Å². The Kier molecular flexibility index (Phi) is 6.59. The number of nitrogens with one attached hydrogen (secondary N) is 1. The van der Waals surface area contributed by atoms with Crippen LogP contribution >= 0.6 is 0 Å². The number of hydrogen-bond donors (Lipinski definition) is 2. The Morgan fingerprint density at radius 3 is 2.28 bits per heavy atom. The summed E-state index contributed by atoms with van der Waals surface area (Å²) < 4.78 is 84.3. The molecule has 2 N–H and O–H groups in total. The maximum Gasteiger partial charge on any atom is 0.335 e. The number of anilines is 2. The van der Waals surface area contributed by atoms with Gasteiger partial charge in [0.2, 0.25) is 0 Å². The first-order valence-corrected chi connectivity index (χ1v) is 15.0. The molecular formula is C38H48N4O4. The molecule has 4 rings (SSSR count). The fourth-order valence-corrected chi connectivity index (χ4v) is 5.78. The van der Waals surface area contributed by atoms with Crippen LogP contribution in [0, 0.1) is 40.5 Å². The van der Waals surface area contributed by atoms with Crippen molar-refractivity contribution in [3.8, 4) is 16.9 Å². The van der Waals surface area contributed by atoms with Crippen molar-refractivity contribution in [1.29, 1.82) is 1.43 Å². The molecule has 3 aromatic rings. The van der Waals surface area contributed by atoms with Crippen LogP contribution in [-0.4, -0.2) is 35.5 Å². The van der Waals surface area contributed by atoms with Crippen LogP contribution in [0.4, 0.5) is 11.4 Å². The maximum atomic E-state index is 14.5. The van der Waals surface area contributed by atoms with Crippen molar-refractivity contribution in [2.45, 2.75) is 94.4 Å². The van der Waals surface area contributed by atoms with E-state index >= 15 is 0 Å². The lowest BCUT2D eigenvalue weighted by atomic mass is 9.77. The highest BCUT2D eigenvalue weighted by Gasteiger charge is 2.37. The Bertz CT molecular complexity index is 2220. The molecule has 1 aliphatic heterocycles. The van der Waals surface area contributed by atoms with Crippen molar-refractivity contribution in [3.05, 3.63) is 74.7 Å². The topological polar surface area (TPSA) is 104 Å². The molecule has 0 spiro atoms. The van der Waals surface area contributed by atoms with E-state index in [2.05, 4.69) is 15.3 Å². The van der Waals surface area contributed by atoms with Gasteiger partial charge in [0.05, 0.1) is 30.9 Å². The van der Waals surface area contributed by atoms with E-state index < -0.39 is 40.8 Å². The van der Waals surface area contributed by atoms with Gasteiger partial charge in [-0.2, -0.15) is 15.2 Å². The Hall–Kier alpha value is -4.46. The van der Waals surface area contributed by atoms with Crippen molar-refractivity contribution in [3.63, 3.8) is 0 Å². The van der Waals surface area contributed by atoms with Gasteiger partial charge in [-0.25, -0.2) is 4.79 Å². The van der Waals surface area contributed by atoms with Gasteiger partial charge in [0.15, 0.2) is 12.9 Å². The lowest BCUT2D eigenvalue weighted by Gasteiger charge is -2.29. The van der Waals surface area contributed by atoms with E-state index in [0.29, 0.717) is 33.2 Å². The number of carboxylic acids is 1. The highest BCUT2D eigenvalue weighted by Crippen LogP contribution is 2.44. The molecule has 0 bridgehead atoms. The molecule has 0 saturated carbocycles. The van der Waals surface area contributed by atoms with Crippen LogP contribution in [0.5, 0.6) is 5.75 Å². The van der Waals surface area contributed by atoms with Crippen LogP contribution in [0.3, 0.4) is 0 Å². The summed E-state index contributed by atoms with van der Waals surface area (Å²) in [6.07, 6.45) is 0. The van der Waals surface area contributed by atoms with Gasteiger partial charge in [-0.3, -0.25) is 10.2 Å². The third-order valence-corrected chi connectivity index (χ3v) is 8.12. The summed E-state index contributed by atoms with van der Waals surface area (Å²) in [5, 5.41) is 14.0. The zero-order chi connectivity index (χ0) is 42.2. The average molecular weight is 634 g/mol. The minimum Gasteiger partial charge on any atom is -0.494 e. The lowest BCUT2D eigenvalue weighted by molar-refractivity contribution is -0.112. The van der Waals surface area contributed by atoms with Crippen LogP contribution in [0.15, 0.2) is 40.4 Å². The van der Waals surface area contributed by atoms with E-state index in [1.54, 1.807) is 41.5 Å². The SMILES string of the molecule is [2H]OC(=O)c1c([2H])c([2H])c(C)c(-c2c([2H])c(C)c(C)c(N([2H])/N=C3\C(=O)N(c4c([2H])c([2H])c(C([2H])(C)C)c(C(C)(C)C)c4C)N=C3C([2H])(C)C)c2OC)c1C. The number of rotatable bonds is 8. The van der Waals surface area contributed by atoms with Crippen molar-refractivity contribution in [2.24, 2.45) is 16.1 Å². The minimum atomic E-state index is -1.55. The van der Waals surface area contributed by atoms with Crippen molar-refractivity contribution in [1.82, 2.24) is 0 Å². The first-order valence-electron chi connectivity index (χ1n) is 19.3. The number of amides is 1. The second-order valence-corrected chi connectivity index (χ2v) is 13.0. The molecule has 1 aliphatic rings. The molecule has 46 heavy (non-hydrogen) atoms. The summed E-state index contributed by atoms with van der Waals surface area (Å²) in [6, 6.07) is -1.42. The third-order valence-electron chi connectivity index (χ3n) is 8.12. The van der Waals surface area contributed by atoms with E-state index in [1.807, 2.05) is 20.8 Å². The van der Waals surface area contributed by atoms with Gasteiger partial charge < -0.3 is 9.85 Å². The van der Waals surface area contributed by atoms with E-state index in [4.69, 9.17) is 15.8 Å². The normalized spacial score (nSPS) is 17.6. The number of nitrogens with zero attached hydrogens (tertiary/aromatic N) is 3. The number of carbonyl (C=O) groups is 2. The highest BCUT2D eigenvalue weighted by atomic mass is 16.5. The average Bonchev–Trinajstić information content (AvgIpc) is 3.39. The molecule has 0 aromatic heterocycles. The smallest absolute Gasteiger partial charge is 0.335 e. The van der Waals surface area contributed by atoms with Crippen molar-refractivity contribution < 1.29 is 30.4 Å². The van der Waals surface area contributed by atoms with E-state index in [0.717, 1.165) is 5.01 Å². The molecule has 0 aliphatic carbocycles. The number of hydrazone groups is 2. The summed E-state index contributed by atoms with van der Waals surface area (Å²) >= 11 is 0. The van der Waals surface area contributed by atoms with Gasteiger partial charge in [-0.15, -0.1) is 0 Å². The number of benzene rings is 3. The Balaban J connectivity index is 2.06. The van der Waals surface area contributed by atoms with Gasteiger partial charge >= 0.3 is 11.9 Å². The molecular weight excluding hydrogens is 576 g/mol. The van der Waals surface area contributed by atoms with Gasteiger partial charge in [-0.05, 0) is 114 Å². The number of ether oxygens (including phenoxy) is 1. The summed E-state index contributed by atoms with van der Waals surface area (Å²) in [5.74, 6) is -4.89. The fourth-order valence-electron chi connectivity index (χ4n) is 5.78. The summed E-state index contributed by atoms with van der Waals surface area (Å²) in [4.78, 5) is 27.1. The quantitative estimate of drug-likeness (QED) is 0.241. The van der Waals surface area contributed by atoms with Crippen LogP contribution in [0.1, 0.15) is 113 Å².